The predicted molar refractivity (Wildman–Crippen MR) is 66.8 cm³/mol. The molecule has 1 aromatic rings. The molecule has 0 aliphatic carbocycles. The Morgan fingerprint density at radius 2 is 2.12 bits per heavy atom. The van der Waals surface area contributed by atoms with Crippen molar-refractivity contribution in [3.8, 4) is 6.07 Å². The van der Waals surface area contributed by atoms with Crippen molar-refractivity contribution in [1.82, 2.24) is 0 Å². The summed E-state index contributed by atoms with van der Waals surface area (Å²) in [6.45, 7) is 1.80. The molecule has 17 heavy (non-hydrogen) atoms. The average molecular weight is 231 g/mol. The van der Waals surface area contributed by atoms with Crippen LogP contribution < -0.4 is 4.90 Å². The van der Waals surface area contributed by atoms with Crippen LogP contribution >= 0.6 is 0 Å². The summed E-state index contributed by atoms with van der Waals surface area (Å²) in [4.78, 5) is 12.2. The van der Waals surface area contributed by atoms with E-state index in [2.05, 4.69) is 0 Å². The molecule has 5 nitrogen and oxygen atoms in total. The zero-order valence-corrected chi connectivity index (χ0v) is 9.97. The van der Waals surface area contributed by atoms with Crippen LogP contribution in [0.1, 0.15) is 11.1 Å². The van der Waals surface area contributed by atoms with Gasteiger partial charge in [0.15, 0.2) is 0 Å². The van der Waals surface area contributed by atoms with Gasteiger partial charge in [0, 0.05) is 26.2 Å². The minimum absolute atomic E-state index is 0.0709. The molecular formula is C12H13N3O2. The number of benzene rings is 1. The third-order valence-corrected chi connectivity index (χ3v) is 2.43. The fourth-order valence-electron chi connectivity index (χ4n) is 1.72. The maximum Gasteiger partial charge on any atom is 0.292 e. The molecular weight excluding hydrogens is 218 g/mol. The van der Waals surface area contributed by atoms with Crippen LogP contribution in [0.3, 0.4) is 0 Å². The van der Waals surface area contributed by atoms with Crippen LogP contribution in [-0.2, 0) is 0 Å². The molecule has 0 aliphatic rings. The van der Waals surface area contributed by atoms with E-state index in [1.807, 2.05) is 6.07 Å². The lowest BCUT2D eigenvalue weighted by Crippen LogP contribution is -2.13. The van der Waals surface area contributed by atoms with E-state index in [1.54, 1.807) is 38.1 Å². The summed E-state index contributed by atoms with van der Waals surface area (Å²) in [5.74, 6) is 0. The summed E-state index contributed by atoms with van der Waals surface area (Å²) in [7, 11) is 3.51. The van der Waals surface area contributed by atoms with Crippen LogP contribution in [0, 0.1) is 28.4 Å². The zero-order chi connectivity index (χ0) is 13.0. The van der Waals surface area contributed by atoms with Crippen molar-refractivity contribution in [1.29, 1.82) is 5.26 Å². The van der Waals surface area contributed by atoms with Gasteiger partial charge < -0.3 is 4.90 Å². The van der Waals surface area contributed by atoms with Gasteiger partial charge in [-0.1, -0.05) is 0 Å². The molecule has 0 atom stereocenters. The van der Waals surface area contributed by atoms with Crippen LogP contribution in [0.2, 0.25) is 0 Å². The molecule has 0 amide bonds. The van der Waals surface area contributed by atoms with E-state index in [0.29, 0.717) is 5.69 Å². The van der Waals surface area contributed by atoms with Gasteiger partial charge in [-0.15, -0.1) is 0 Å². The number of nitro groups is 1. The summed E-state index contributed by atoms with van der Waals surface area (Å²) >= 11 is 0. The number of anilines is 1. The number of hydrogen-bond donors (Lipinski definition) is 0. The molecule has 5 heteroatoms. The zero-order valence-electron chi connectivity index (χ0n) is 9.97. The standard InChI is InChI=1S/C12H13N3O2/c1-9-10(5-4-8-13)6-7-11(15(16)17)12(9)14(2)3/h4-7H,1-3H3/b5-4-. The van der Waals surface area contributed by atoms with Crippen LogP contribution in [0.25, 0.3) is 6.08 Å². The molecule has 88 valence electrons. The van der Waals surface area contributed by atoms with Crippen molar-refractivity contribution in [3.05, 3.63) is 39.4 Å². The minimum Gasteiger partial charge on any atom is -0.372 e. The number of nitriles is 1. The fourth-order valence-corrected chi connectivity index (χ4v) is 1.72. The third-order valence-electron chi connectivity index (χ3n) is 2.43. The molecule has 0 fully saturated rings. The highest BCUT2D eigenvalue weighted by molar-refractivity contribution is 5.74. The summed E-state index contributed by atoms with van der Waals surface area (Å²) in [6, 6.07) is 5.01. The van der Waals surface area contributed by atoms with Crippen molar-refractivity contribution in [2.24, 2.45) is 0 Å². The van der Waals surface area contributed by atoms with Crippen LogP contribution in [0.15, 0.2) is 18.2 Å². The maximum atomic E-state index is 10.9. The molecule has 0 N–H and O–H groups in total. The summed E-state index contributed by atoms with van der Waals surface area (Å²) in [6.07, 6.45) is 3.00. The summed E-state index contributed by atoms with van der Waals surface area (Å²) < 4.78 is 0. The van der Waals surface area contributed by atoms with Crippen LogP contribution in [0.4, 0.5) is 11.4 Å². The molecule has 1 aromatic carbocycles. The SMILES string of the molecule is Cc1c(/C=C\C#N)ccc([N+](=O)[O-])c1N(C)C. The van der Waals surface area contributed by atoms with Gasteiger partial charge in [0.05, 0.1) is 11.0 Å². The van der Waals surface area contributed by atoms with Gasteiger partial charge >= 0.3 is 0 Å². The van der Waals surface area contributed by atoms with E-state index in [1.165, 1.54) is 12.1 Å². The highest BCUT2D eigenvalue weighted by Crippen LogP contribution is 2.32. The number of allylic oxidation sites excluding steroid dienone is 1. The van der Waals surface area contributed by atoms with E-state index in [9.17, 15) is 10.1 Å². The summed E-state index contributed by atoms with van der Waals surface area (Å²) in [5, 5.41) is 19.4. The van der Waals surface area contributed by atoms with Crippen molar-refractivity contribution < 1.29 is 4.92 Å². The molecule has 0 radical (unpaired) electrons. The lowest BCUT2D eigenvalue weighted by molar-refractivity contribution is -0.384. The Bertz CT molecular complexity index is 513. The smallest absolute Gasteiger partial charge is 0.292 e. The number of rotatable bonds is 3. The topological polar surface area (TPSA) is 70.2 Å². The summed E-state index contributed by atoms with van der Waals surface area (Å²) in [5.41, 5.74) is 2.23. The Morgan fingerprint density at radius 3 is 2.59 bits per heavy atom. The Labute approximate surface area is 99.7 Å². The molecule has 0 aromatic heterocycles. The molecule has 0 spiro atoms. The van der Waals surface area contributed by atoms with E-state index in [-0.39, 0.29) is 5.69 Å². The molecule has 0 unspecified atom stereocenters. The average Bonchev–Trinajstić information content (AvgIpc) is 2.26. The normalized spacial score (nSPS) is 10.2. The van der Waals surface area contributed by atoms with E-state index in [4.69, 9.17) is 5.26 Å². The first-order valence-corrected chi connectivity index (χ1v) is 5.00. The molecule has 0 saturated carbocycles. The van der Waals surface area contributed by atoms with E-state index in [0.717, 1.165) is 11.1 Å². The van der Waals surface area contributed by atoms with Gasteiger partial charge in [-0.25, -0.2) is 0 Å². The van der Waals surface area contributed by atoms with Crippen molar-refractivity contribution in [2.75, 3.05) is 19.0 Å². The van der Waals surface area contributed by atoms with Gasteiger partial charge in [0.1, 0.15) is 5.69 Å². The van der Waals surface area contributed by atoms with Gasteiger partial charge in [0.2, 0.25) is 0 Å². The van der Waals surface area contributed by atoms with Crippen LogP contribution in [-0.4, -0.2) is 19.0 Å². The van der Waals surface area contributed by atoms with Crippen molar-refractivity contribution >= 4 is 17.5 Å². The largest absolute Gasteiger partial charge is 0.372 e. The molecule has 0 heterocycles. The minimum atomic E-state index is -0.403. The quantitative estimate of drug-likeness (QED) is 0.455. The third kappa shape index (κ3) is 2.61. The fraction of sp³-hybridized carbons (Fsp3) is 0.250. The molecule has 0 bridgehead atoms. The van der Waals surface area contributed by atoms with Gasteiger partial charge in [0.25, 0.3) is 5.69 Å². The van der Waals surface area contributed by atoms with Gasteiger partial charge in [-0.3, -0.25) is 10.1 Å². The number of hydrogen-bond acceptors (Lipinski definition) is 4. The molecule has 1 rings (SSSR count). The van der Waals surface area contributed by atoms with Crippen molar-refractivity contribution in [3.63, 3.8) is 0 Å². The number of nitro benzene ring substituents is 1. The Balaban J connectivity index is 3.45. The monoisotopic (exact) mass is 231 g/mol. The highest BCUT2D eigenvalue weighted by atomic mass is 16.6. The first kappa shape index (κ1) is 12.7. The molecule has 0 aliphatic heterocycles. The van der Waals surface area contributed by atoms with Gasteiger partial charge in [-0.05, 0) is 30.2 Å². The second-order valence-electron chi connectivity index (χ2n) is 3.76. The van der Waals surface area contributed by atoms with Crippen molar-refractivity contribution in [2.45, 2.75) is 6.92 Å². The first-order valence-electron chi connectivity index (χ1n) is 5.00. The Hall–Kier alpha value is -2.35. The lowest BCUT2D eigenvalue weighted by Gasteiger charge is -2.17. The number of nitrogens with zero attached hydrogens (tertiary/aromatic N) is 3. The Kier molecular flexibility index (Phi) is 3.83. The van der Waals surface area contributed by atoms with Gasteiger partial charge in [-0.2, -0.15) is 5.26 Å². The Morgan fingerprint density at radius 1 is 1.47 bits per heavy atom. The predicted octanol–water partition coefficient (Wildman–Crippen LogP) is 2.51. The van der Waals surface area contributed by atoms with E-state index >= 15 is 0 Å². The van der Waals surface area contributed by atoms with Crippen LogP contribution in [0.5, 0.6) is 0 Å². The second kappa shape index (κ2) is 5.12. The molecule has 0 saturated heterocycles. The second-order valence-corrected chi connectivity index (χ2v) is 3.76. The lowest BCUT2D eigenvalue weighted by atomic mass is 10.0. The highest BCUT2D eigenvalue weighted by Gasteiger charge is 2.18. The maximum absolute atomic E-state index is 10.9. The van der Waals surface area contributed by atoms with E-state index < -0.39 is 4.92 Å². The first-order chi connectivity index (χ1) is 7.99.